The Kier molecular flexibility index (Phi) is 1.95. The molecule has 11 heavy (non-hydrogen) atoms. The third kappa shape index (κ3) is 1.21. The lowest BCUT2D eigenvalue weighted by Crippen LogP contribution is -2.25. The van der Waals surface area contributed by atoms with Gasteiger partial charge in [0, 0.05) is 0 Å². The summed E-state index contributed by atoms with van der Waals surface area (Å²) in [5.41, 5.74) is 0. The van der Waals surface area contributed by atoms with Crippen molar-refractivity contribution in [1.29, 1.82) is 0 Å². The largest absolute Gasteiger partial charge is 0.0622 e. The van der Waals surface area contributed by atoms with E-state index in [4.69, 9.17) is 0 Å². The molecule has 64 valence electrons. The quantitative estimate of drug-likeness (QED) is 0.498. The first kappa shape index (κ1) is 7.64. The van der Waals surface area contributed by atoms with Gasteiger partial charge in [-0.2, -0.15) is 0 Å². The maximum Gasteiger partial charge on any atom is -0.0334 e. The fourth-order valence-electron chi connectivity index (χ4n) is 3.58. The first-order valence-electron chi connectivity index (χ1n) is 5.29. The van der Waals surface area contributed by atoms with Crippen LogP contribution in [0.1, 0.15) is 46.0 Å². The van der Waals surface area contributed by atoms with Gasteiger partial charge in [0.1, 0.15) is 0 Å². The van der Waals surface area contributed by atoms with Crippen molar-refractivity contribution in [1.82, 2.24) is 0 Å². The van der Waals surface area contributed by atoms with Crippen molar-refractivity contribution in [2.45, 2.75) is 46.0 Å². The summed E-state index contributed by atoms with van der Waals surface area (Å²) in [6.45, 7) is 4.94. The fourth-order valence-corrected chi connectivity index (χ4v) is 3.58. The third-order valence-electron chi connectivity index (χ3n) is 4.09. The molecule has 0 saturated heterocycles. The molecule has 0 spiro atoms. The minimum Gasteiger partial charge on any atom is -0.0622 e. The zero-order valence-electron chi connectivity index (χ0n) is 7.84. The second kappa shape index (κ2) is 2.80. The standard InChI is InChI=1S/C11H20/c1-8-4-3-5-10-7-6-9(2)11(8)10/h8-11H,3-7H2,1-2H3. The van der Waals surface area contributed by atoms with Crippen molar-refractivity contribution in [2.75, 3.05) is 0 Å². The van der Waals surface area contributed by atoms with Crippen molar-refractivity contribution in [2.24, 2.45) is 23.7 Å². The van der Waals surface area contributed by atoms with Crippen LogP contribution < -0.4 is 0 Å². The molecule has 0 heteroatoms. The Morgan fingerprint density at radius 2 is 1.55 bits per heavy atom. The summed E-state index contributed by atoms with van der Waals surface area (Å²) in [6, 6.07) is 0. The van der Waals surface area contributed by atoms with Gasteiger partial charge in [-0.3, -0.25) is 0 Å². The lowest BCUT2D eigenvalue weighted by atomic mass is 9.72. The highest BCUT2D eigenvalue weighted by Gasteiger charge is 2.38. The Balaban J connectivity index is 2.08. The Morgan fingerprint density at radius 3 is 2.27 bits per heavy atom. The Hall–Kier alpha value is 0. The topological polar surface area (TPSA) is 0 Å². The summed E-state index contributed by atoms with van der Waals surface area (Å²) >= 11 is 0. The van der Waals surface area contributed by atoms with Gasteiger partial charge < -0.3 is 0 Å². The minimum atomic E-state index is 1.03. The van der Waals surface area contributed by atoms with E-state index in [-0.39, 0.29) is 0 Å². The number of rotatable bonds is 0. The lowest BCUT2D eigenvalue weighted by Gasteiger charge is -2.33. The number of hydrogen-bond acceptors (Lipinski definition) is 0. The average Bonchev–Trinajstić information content (AvgIpc) is 2.34. The van der Waals surface area contributed by atoms with E-state index in [0.717, 1.165) is 23.7 Å². The van der Waals surface area contributed by atoms with Crippen LogP contribution >= 0.6 is 0 Å². The van der Waals surface area contributed by atoms with Crippen LogP contribution in [-0.4, -0.2) is 0 Å². The molecule has 2 aliphatic carbocycles. The Morgan fingerprint density at radius 1 is 0.818 bits per heavy atom. The van der Waals surface area contributed by atoms with Gasteiger partial charge in [-0.05, 0) is 30.1 Å². The van der Waals surface area contributed by atoms with Gasteiger partial charge in [0.25, 0.3) is 0 Å². The normalized spacial score (nSPS) is 50.7. The Bertz CT molecular complexity index is 137. The summed E-state index contributed by atoms with van der Waals surface area (Å²) in [7, 11) is 0. The van der Waals surface area contributed by atoms with Crippen molar-refractivity contribution < 1.29 is 0 Å². The third-order valence-corrected chi connectivity index (χ3v) is 4.09. The van der Waals surface area contributed by atoms with Crippen molar-refractivity contribution in [3.05, 3.63) is 0 Å². The average molecular weight is 152 g/mol. The molecule has 0 heterocycles. The van der Waals surface area contributed by atoms with E-state index in [1.807, 2.05) is 0 Å². The molecule has 2 saturated carbocycles. The van der Waals surface area contributed by atoms with E-state index < -0.39 is 0 Å². The van der Waals surface area contributed by atoms with E-state index in [2.05, 4.69) is 13.8 Å². The molecule has 0 aromatic heterocycles. The predicted octanol–water partition coefficient (Wildman–Crippen LogP) is 3.47. The summed E-state index contributed by atoms with van der Waals surface area (Å²) < 4.78 is 0. The lowest BCUT2D eigenvalue weighted by molar-refractivity contribution is 0.162. The maximum atomic E-state index is 2.47. The summed E-state index contributed by atoms with van der Waals surface area (Å²) in [6.07, 6.45) is 7.61. The van der Waals surface area contributed by atoms with Crippen LogP contribution in [-0.2, 0) is 0 Å². The highest BCUT2D eigenvalue weighted by Crippen LogP contribution is 2.48. The van der Waals surface area contributed by atoms with Gasteiger partial charge in [-0.1, -0.05) is 39.5 Å². The molecule has 4 unspecified atom stereocenters. The summed E-state index contributed by atoms with van der Waals surface area (Å²) in [4.78, 5) is 0. The van der Waals surface area contributed by atoms with Gasteiger partial charge >= 0.3 is 0 Å². The highest BCUT2D eigenvalue weighted by molar-refractivity contribution is 4.88. The molecule has 0 aromatic rings. The SMILES string of the molecule is CC1CCCC2CCC(C)C12. The minimum absolute atomic E-state index is 1.03. The molecule has 0 amide bonds. The van der Waals surface area contributed by atoms with Gasteiger partial charge in [-0.15, -0.1) is 0 Å². The van der Waals surface area contributed by atoms with Crippen LogP contribution in [0.25, 0.3) is 0 Å². The van der Waals surface area contributed by atoms with Crippen molar-refractivity contribution >= 4 is 0 Å². The van der Waals surface area contributed by atoms with Crippen LogP contribution in [0.2, 0.25) is 0 Å². The van der Waals surface area contributed by atoms with Gasteiger partial charge in [-0.25, -0.2) is 0 Å². The second-order valence-electron chi connectivity index (χ2n) is 4.80. The second-order valence-corrected chi connectivity index (χ2v) is 4.80. The van der Waals surface area contributed by atoms with Gasteiger partial charge in [0.15, 0.2) is 0 Å². The van der Waals surface area contributed by atoms with Crippen LogP contribution in [0, 0.1) is 23.7 Å². The maximum absolute atomic E-state index is 2.47. The van der Waals surface area contributed by atoms with Gasteiger partial charge in [0.2, 0.25) is 0 Å². The fraction of sp³-hybridized carbons (Fsp3) is 1.00. The van der Waals surface area contributed by atoms with E-state index in [1.165, 1.54) is 25.7 Å². The first-order valence-corrected chi connectivity index (χ1v) is 5.29. The van der Waals surface area contributed by atoms with Crippen LogP contribution in [0.4, 0.5) is 0 Å². The van der Waals surface area contributed by atoms with Crippen molar-refractivity contribution in [3.8, 4) is 0 Å². The molecule has 0 N–H and O–H groups in total. The first-order chi connectivity index (χ1) is 5.29. The van der Waals surface area contributed by atoms with Crippen LogP contribution in [0.3, 0.4) is 0 Å². The molecule has 4 atom stereocenters. The van der Waals surface area contributed by atoms with E-state index in [1.54, 1.807) is 6.42 Å². The molecule has 0 nitrogen and oxygen atoms in total. The van der Waals surface area contributed by atoms with Crippen molar-refractivity contribution in [3.63, 3.8) is 0 Å². The van der Waals surface area contributed by atoms with E-state index >= 15 is 0 Å². The van der Waals surface area contributed by atoms with E-state index in [0.29, 0.717) is 0 Å². The molecule has 0 bridgehead atoms. The molecule has 0 radical (unpaired) electrons. The molecule has 2 fully saturated rings. The zero-order valence-corrected chi connectivity index (χ0v) is 7.84. The smallest absolute Gasteiger partial charge is 0.0334 e. The molecular formula is C11H20. The monoisotopic (exact) mass is 152 g/mol. The molecular weight excluding hydrogens is 132 g/mol. The highest BCUT2D eigenvalue weighted by atomic mass is 14.4. The summed E-state index contributed by atoms with van der Waals surface area (Å²) in [5, 5.41) is 0. The van der Waals surface area contributed by atoms with E-state index in [9.17, 15) is 0 Å². The number of hydrogen-bond donors (Lipinski definition) is 0. The molecule has 0 aromatic carbocycles. The molecule has 2 rings (SSSR count). The zero-order chi connectivity index (χ0) is 7.84. The van der Waals surface area contributed by atoms with Crippen LogP contribution in [0.5, 0.6) is 0 Å². The summed E-state index contributed by atoms with van der Waals surface area (Å²) in [5.74, 6) is 4.29. The number of fused-ring (bicyclic) bond motifs is 1. The van der Waals surface area contributed by atoms with Crippen LogP contribution in [0.15, 0.2) is 0 Å². The Labute approximate surface area is 70.4 Å². The predicted molar refractivity (Wildman–Crippen MR) is 48.4 cm³/mol. The molecule has 2 aliphatic rings. The van der Waals surface area contributed by atoms with Gasteiger partial charge in [0.05, 0.1) is 0 Å². The molecule has 0 aliphatic heterocycles.